The van der Waals surface area contributed by atoms with Gasteiger partial charge in [-0.15, -0.1) is 0 Å². The second-order valence-corrected chi connectivity index (χ2v) is 4.61. The summed E-state index contributed by atoms with van der Waals surface area (Å²) in [4.78, 5) is 9.32. The van der Waals surface area contributed by atoms with Crippen molar-refractivity contribution in [1.29, 1.82) is 0 Å². The van der Waals surface area contributed by atoms with E-state index in [1.54, 1.807) is 4.90 Å². The summed E-state index contributed by atoms with van der Waals surface area (Å²) in [5.41, 5.74) is 0. The van der Waals surface area contributed by atoms with E-state index in [-0.39, 0.29) is 36.4 Å². The van der Waals surface area contributed by atoms with Gasteiger partial charge in [-0.1, -0.05) is 18.5 Å². The van der Waals surface area contributed by atoms with Crippen molar-refractivity contribution in [1.82, 2.24) is 9.97 Å². The second kappa shape index (κ2) is 4.25. The average molecular weight is 264 g/mol. The number of rotatable bonds is 1. The average Bonchev–Trinajstić information content (AvgIpc) is 2.26. The number of halogens is 3. The molecule has 2 rings (SSSR count). The van der Waals surface area contributed by atoms with Crippen molar-refractivity contribution in [2.75, 3.05) is 18.0 Å². The fourth-order valence-corrected chi connectivity index (χ4v) is 1.86. The molecule has 0 unspecified atom stereocenters. The zero-order valence-electron chi connectivity index (χ0n) is 9.20. The Kier molecular flexibility index (Phi) is 3.07. The van der Waals surface area contributed by atoms with Crippen molar-refractivity contribution in [3.63, 3.8) is 0 Å². The summed E-state index contributed by atoms with van der Waals surface area (Å²) in [5, 5.41) is 9.39. The molecule has 0 saturated carbocycles. The maximum absolute atomic E-state index is 13.3. The quantitative estimate of drug-likeness (QED) is 0.845. The predicted molar refractivity (Wildman–Crippen MR) is 59.6 cm³/mol. The number of hydrogen-bond acceptors (Lipinski definition) is 4. The van der Waals surface area contributed by atoms with Gasteiger partial charge in [-0.2, -0.15) is 4.98 Å². The normalized spacial score (nSPS) is 23.8. The van der Waals surface area contributed by atoms with Crippen LogP contribution in [-0.4, -0.2) is 34.1 Å². The fourth-order valence-electron chi connectivity index (χ4n) is 1.77. The molecule has 0 radical (unpaired) electrons. The molecule has 1 N–H and O–H groups in total. The summed E-state index contributed by atoms with van der Waals surface area (Å²) >= 11 is 5.58. The maximum Gasteiger partial charge on any atom is 0.254 e. The van der Waals surface area contributed by atoms with E-state index in [9.17, 15) is 13.9 Å². The molecule has 17 heavy (non-hydrogen) atoms. The van der Waals surface area contributed by atoms with Gasteiger partial charge in [0.05, 0.1) is 6.20 Å². The van der Waals surface area contributed by atoms with E-state index < -0.39 is 11.8 Å². The van der Waals surface area contributed by atoms with Crippen LogP contribution in [0.4, 0.5) is 14.7 Å². The van der Waals surface area contributed by atoms with Gasteiger partial charge in [0.1, 0.15) is 5.02 Å². The number of nitrogens with zero attached hydrogens (tertiary/aromatic N) is 3. The number of anilines is 1. The number of hydrogen-bond donors (Lipinski definition) is 1. The number of aromatic nitrogens is 2. The molecular formula is C10H12ClF2N3O. The Balaban J connectivity index is 2.17. The Morgan fingerprint density at radius 3 is 2.88 bits per heavy atom. The second-order valence-electron chi connectivity index (χ2n) is 4.20. The van der Waals surface area contributed by atoms with E-state index in [4.69, 9.17) is 11.6 Å². The largest absolute Gasteiger partial charge is 0.492 e. The van der Waals surface area contributed by atoms with E-state index in [1.165, 1.54) is 13.1 Å². The highest BCUT2D eigenvalue weighted by atomic mass is 35.5. The van der Waals surface area contributed by atoms with Crippen LogP contribution in [0.5, 0.6) is 5.88 Å². The number of piperidine rings is 1. The van der Waals surface area contributed by atoms with Gasteiger partial charge in [-0.25, -0.2) is 13.8 Å². The van der Waals surface area contributed by atoms with Gasteiger partial charge in [-0.3, -0.25) is 0 Å². The van der Waals surface area contributed by atoms with Crippen molar-refractivity contribution in [3.05, 3.63) is 11.2 Å². The molecule has 0 amide bonds. The van der Waals surface area contributed by atoms with Crippen molar-refractivity contribution in [2.24, 2.45) is 5.92 Å². The van der Waals surface area contributed by atoms with Crippen LogP contribution in [0.3, 0.4) is 0 Å². The third kappa shape index (κ3) is 2.41. The van der Waals surface area contributed by atoms with Crippen LogP contribution < -0.4 is 4.90 Å². The third-order valence-electron chi connectivity index (χ3n) is 2.93. The molecule has 1 aromatic rings. The molecule has 2 heterocycles. The van der Waals surface area contributed by atoms with Crippen molar-refractivity contribution in [2.45, 2.75) is 19.3 Å². The summed E-state index contributed by atoms with van der Waals surface area (Å²) in [7, 11) is 0. The lowest BCUT2D eigenvalue weighted by atomic mass is 9.96. The summed E-state index contributed by atoms with van der Waals surface area (Å²) in [6.07, 6.45) is 1.03. The minimum absolute atomic E-state index is 0.0455. The fraction of sp³-hybridized carbons (Fsp3) is 0.600. The van der Waals surface area contributed by atoms with Crippen molar-refractivity contribution in [3.8, 4) is 5.88 Å². The minimum atomic E-state index is -2.65. The molecule has 1 aromatic heterocycles. The molecule has 1 atom stereocenters. The Morgan fingerprint density at radius 1 is 1.59 bits per heavy atom. The lowest BCUT2D eigenvalue weighted by Crippen LogP contribution is -2.46. The SMILES string of the molecule is C[C@@H]1CN(c2ncc(Cl)c(O)n2)CCC1(F)F. The van der Waals surface area contributed by atoms with Gasteiger partial charge >= 0.3 is 0 Å². The van der Waals surface area contributed by atoms with E-state index in [0.29, 0.717) is 0 Å². The minimum Gasteiger partial charge on any atom is -0.492 e. The molecule has 1 aliphatic heterocycles. The molecule has 7 heteroatoms. The van der Waals surface area contributed by atoms with Crippen LogP contribution in [0.1, 0.15) is 13.3 Å². The summed E-state index contributed by atoms with van der Waals surface area (Å²) in [6.45, 7) is 1.81. The maximum atomic E-state index is 13.3. The summed E-state index contributed by atoms with van der Waals surface area (Å²) in [6, 6.07) is 0. The van der Waals surface area contributed by atoms with E-state index in [1.807, 2.05) is 0 Å². The van der Waals surface area contributed by atoms with Gasteiger partial charge < -0.3 is 10.0 Å². The highest BCUT2D eigenvalue weighted by Gasteiger charge is 2.41. The van der Waals surface area contributed by atoms with Crippen LogP contribution in [0, 0.1) is 5.92 Å². The number of aromatic hydroxyl groups is 1. The molecule has 0 bridgehead atoms. The molecule has 94 valence electrons. The van der Waals surface area contributed by atoms with Gasteiger partial charge in [0.15, 0.2) is 0 Å². The first-order chi connectivity index (χ1) is 7.90. The zero-order chi connectivity index (χ0) is 12.6. The molecule has 0 aromatic carbocycles. The zero-order valence-corrected chi connectivity index (χ0v) is 9.95. The van der Waals surface area contributed by atoms with Crippen LogP contribution in [-0.2, 0) is 0 Å². The molecule has 0 aliphatic carbocycles. The summed E-state index contributed by atoms with van der Waals surface area (Å²) < 4.78 is 26.6. The number of alkyl halides is 2. The molecule has 0 spiro atoms. The van der Waals surface area contributed by atoms with Gasteiger partial charge in [0, 0.05) is 25.4 Å². The standard InChI is InChI=1S/C10H12ClF2N3O/c1-6-5-16(3-2-10(6,12)13)9-14-4-7(11)8(17)15-9/h4,6H,2-3,5H2,1H3,(H,14,15,17)/t6-/m1/s1. The Bertz CT molecular complexity index is 430. The Morgan fingerprint density at radius 2 is 2.29 bits per heavy atom. The Labute approximate surface area is 102 Å². The van der Waals surface area contributed by atoms with Crippen LogP contribution in [0.2, 0.25) is 5.02 Å². The monoisotopic (exact) mass is 263 g/mol. The van der Waals surface area contributed by atoms with E-state index in [0.717, 1.165) is 0 Å². The highest BCUT2D eigenvalue weighted by molar-refractivity contribution is 6.31. The lowest BCUT2D eigenvalue weighted by Gasteiger charge is -2.36. The van der Waals surface area contributed by atoms with Gasteiger partial charge in [-0.05, 0) is 0 Å². The van der Waals surface area contributed by atoms with E-state index >= 15 is 0 Å². The van der Waals surface area contributed by atoms with Crippen molar-refractivity contribution < 1.29 is 13.9 Å². The van der Waals surface area contributed by atoms with Crippen LogP contribution >= 0.6 is 11.6 Å². The Hall–Kier alpha value is -1.17. The van der Waals surface area contributed by atoms with Gasteiger partial charge in [0.2, 0.25) is 11.8 Å². The third-order valence-corrected chi connectivity index (χ3v) is 3.19. The lowest BCUT2D eigenvalue weighted by molar-refractivity contribution is -0.0653. The van der Waals surface area contributed by atoms with Crippen molar-refractivity contribution >= 4 is 17.5 Å². The first kappa shape index (κ1) is 12.3. The van der Waals surface area contributed by atoms with Crippen LogP contribution in [0.15, 0.2) is 6.20 Å². The summed E-state index contributed by atoms with van der Waals surface area (Å²) in [5.74, 6) is -3.51. The van der Waals surface area contributed by atoms with Crippen LogP contribution in [0.25, 0.3) is 0 Å². The molecule has 4 nitrogen and oxygen atoms in total. The molecule has 1 fully saturated rings. The van der Waals surface area contributed by atoms with Gasteiger partial charge in [0.25, 0.3) is 5.92 Å². The molecule has 1 aliphatic rings. The first-order valence-corrected chi connectivity index (χ1v) is 5.62. The highest BCUT2D eigenvalue weighted by Crippen LogP contribution is 2.34. The van der Waals surface area contributed by atoms with E-state index in [2.05, 4.69) is 9.97 Å². The molecule has 1 saturated heterocycles. The smallest absolute Gasteiger partial charge is 0.254 e. The predicted octanol–water partition coefficient (Wildman–Crippen LogP) is 2.32. The first-order valence-electron chi connectivity index (χ1n) is 5.24. The topological polar surface area (TPSA) is 49.2 Å². The molecular weight excluding hydrogens is 252 g/mol.